The van der Waals surface area contributed by atoms with Crippen LogP contribution in [0.2, 0.25) is 0 Å². The Morgan fingerprint density at radius 1 is 1.27 bits per heavy atom. The van der Waals surface area contributed by atoms with Crippen LogP contribution in [0.5, 0.6) is 5.75 Å². The fraction of sp³-hybridized carbons (Fsp3) is 0.500. The molecule has 0 saturated heterocycles. The van der Waals surface area contributed by atoms with Crippen molar-refractivity contribution in [3.8, 4) is 5.75 Å². The van der Waals surface area contributed by atoms with Gasteiger partial charge in [0.1, 0.15) is 11.6 Å². The topological polar surface area (TPSA) is 9.23 Å². The largest absolute Gasteiger partial charge is 0.490 e. The molecule has 0 amide bonds. The minimum Gasteiger partial charge on any atom is -0.490 e. The van der Waals surface area contributed by atoms with Gasteiger partial charge in [-0.25, -0.2) is 4.39 Å². The standard InChI is InChI=1S/C12H14ClFO/c13-8-9-5-10(14)7-12(6-9)15-11-3-1-2-4-11/h5-7,11H,1-4,8H2. The van der Waals surface area contributed by atoms with Gasteiger partial charge in [0, 0.05) is 11.9 Å². The van der Waals surface area contributed by atoms with Gasteiger partial charge in [-0.3, -0.25) is 0 Å². The molecule has 0 aromatic heterocycles. The van der Waals surface area contributed by atoms with E-state index in [0.717, 1.165) is 18.4 Å². The molecule has 0 spiro atoms. The Labute approximate surface area is 94.2 Å². The minimum atomic E-state index is -0.277. The third-order valence-corrected chi connectivity index (χ3v) is 3.00. The second kappa shape index (κ2) is 4.84. The van der Waals surface area contributed by atoms with Crippen molar-refractivity contribution in [1.82, 2.24) is 0 Å². The lowest BCUT2D eigenvalue weighted by atomic mass is 10.2. The fourth-order valence-electron chi connectivity index (χ4n) is 1.96. The molecule has 15 heavy (non-hydrogen) atoms. The molecule has 0 atom stereocenters. The lowest BCUT2D eigenvalue weighted by Crippen LogP contribution is -2.11. The van der Waals surface area contributed by atoms with E-state index in [4.69, 9.17) is 16.3 Å². The van der Waals surface area contributed by atoms with Crippen LogP contribution in [0, 0.1) is 5.82 Å². The average Bonchev–Trinajstić information content (AvgIpc) is 2.69. The van der Waals surface area contributed by atoms with Crippen molar-refractivity contribution in [2.24, 2.45) is 0 Å². The molecule has 0 bridgehead atoms. The summed E-state index contributed by atoms with van der Waals surface area (Å²) in [5, 5.41) is 0. The molecule has 1 saturated carbocycles. The normalized spacial score (nSPS) is 16.9. The number of ether oxygens (including phenoxy) is 1. The highest BCUT2D eigenvalue weighted by Gasteiger charge is 2.16. The predicted molar refractivity (Wildman–Crippen MR) is 58.8 cm³/mol. The molecule has 0 unspecified atom stereocenters. The van der Waals surface area contributed by atoms with E-state index in [9.17, 15) is 4.39 Å². The van der Waals surface area contributed by atoms with E-state index < -0.39 is 0 Å². The summed E-state index contributed by atoms with van der Waals surface area (Å²) in [5.41, 5.74) is 0.768. The second-order valence-electron chi connectivity index (χ2n) is 3.95. The number of hydrogen-bond donors (Lipinski definition) is 0. The summed E-state index contributed by atoms with van der Waals surface area (Å²) >= 11 is 5.67. The molecule has 82 valence electrons. The summed E-state index contributed by atoms with van der Waals surface area (Å²) in [6, 6.07) is 4.68. The number of rotatable bonds is 3. The third kappa shape index (κ3) is 2.85. The van der Waals surface area contributed by atoms with Gasteiger partial charge in [0.15, 0.2) is 0 Å². The molecule has 0 aliphatic heterocycles. The van der Waals surface area contributed by atoms with Gasteiger partial charge in [-0.1, -0.05) is 0 Å². The molecule has 0 radical (unpaired) electrons. The maximum absolute atomic E-state index is 13.1. The van der Waals surface area contributed by atoms with Crippen LogP contribution in [0.3, 0.4) is 0 Å². The minimum absolute atomic E-state index is 0.259. The van der Waals surface area contributed by atoms with Crippen LogP contribution in [-0.2, 0) is 5.88 Å². The summed E-state index contributed by atoms with van der Waals surface area (Å²) in [6.07, 6.45) is 4.83. The van der Waals surface area contributed by atoms with Gasteiger partial charge in [0.2, 0.25) is 0 Å². The quantitative estimate of drug-likeness (QED) is 0.714. The van der Waals surface area contributed by atoms with Gasteiger partial charge in [0.05, 0.1) is 6.10 Å². The molecule has 1 aromatic rings. The lowest BCUT2D eigenvalue weighted by molar-refractivity contribution is 0.209. The Balaban J connectivity index is 2.09. The number of alkyl halides is 1. The molecular formula is C12H14ClFO. The molecule has 2 rings (SSSR count). The van der Waals surface area contributed by atoms with Crippen molar-refractivity contribution in [2.45, 2.75) is 37.7 Å². The first kappa shape index (κ1) is 10.7. The molecule has 1 aliphatic carbocycles. The van der Waals surface area contributed by atoms with E-state index in [-0.39, 0.29) is 11.9 Å². The lowest BCUT2D eigenvalue weighted by Gasteiger charge is -2.13. The summed E-state index contributed by atoms with van der Waals surface area (Å²) in [5.74, 6) is 0.650. The third-order valence-electron chi connectivity index (χ3n) is 2.69. The van der Waals surface area contributed by atoms with Crippen molar-refractivity contribution in [1.29, 1.82) is 0 Å². The first-order valence-electron chi connectivity index (χ1n) is 5.30. The molecule has 3 heteroatoms. The first-order chi connectivity index (χ1) is 7.28. The monoisotopic (exact) mass is 228 g/mol. The van der Waals surface area contributed by atoms with Crippen LogP contribution in [0.4, 0.5) is 4.39 Å². The molecule has 1 aliphatic rings. The molecule has 1 aromatic carbocycles. The Hall–Kier alpha value is -0.760. The van der Waals surface area contributed by atoms with Crippen LogP contribution >= 0.6 is 11.6 Å². The highest BCUT2D eigenvalue weighted by atomic mass is 35.5. The van der Waals surface area contributed by atoms with E-state index in [2.05, 4.69) is 0 Å². The van der Waals surface area contributed by atoms with E-state index in [1.807, 2.05) is 6.07 Å². The summed E-state index contributed by atoms with van der Waals surface area (Å²) < 4.78 is 18.8. The maximum Gasteiger partial charge on any atom is 0.127 e. The smallest absolute Gasteiger partial charge is 0.127 e. The van der Waals surface area contributed by atoms with Gasteiger partial charge in [0.25, 0.3) is 0 Å². The van der Waals surface area contributed by atoms with E-state index >= 15 is 0 Å². The fourth-order valence-corrected chi connectivity index (χ4v) is 2.12. The SMILES string of the molecule is Fc1cc(CCl)cc(OC2CCCC2)c1. The predicted octanol–water partition coefficient (Wildman–Crippen LogP) is 3.89. The summed E-state index contributed by atoms with van der Waals surface area (Å²) in [6.45, 7) is 0. The molecule has 1 fully saturated rings. The van der Waals surface area contributed by atoms with Crippen LogP contribution in [0.25, 0.3) is 0 Å². The Bertz CT molecular complexity index is 334. The van der Waals surface area contributed by atoms with Crippen LogP contribution in [-0.4, -0.2) is 6.10 Å². The zero-order valence-corrected chi connectivity index (χ0v) is 9.27. The Morgan fingerprint density at radius 3 is 2.67 bits per heavy atom. The van der Waals surface area contributed by atoms with Gasteiger partial charge < -0.3 is 4.74 Å². The van der Waals surface area contributed by atoms with Gasteiger partial charge in [-0.15, -0.1) is 11.6 Å². The van der Waals surface area contributed by atoms with Crippen molar-refractivity contribution in [2.75, 3.05) is 0 Å². The number of halogens is 2. The highest BCUT2D eigenvalue weighted by molar-refractivity contribution is 6.17. The van der Waals surface area contributed by atoms with E-state index in [0.29, 0.717) is 11.6 Å². The van der Waals surface area contributed by atoms with Gasteiger partial charge in [-0.05, 0) is 43.4 Å². The number of benzene rings is 1. The van der Waals surface area contributed by atoms with E-state index in [1.54, 1.807) is 0 Å². The number of hydrogen-bond acceptors (Lipinski definition) is 1. The zero-order valence-electron chi connectivity index (χ0n) is 8.51. The van der Waals surface area contributed by atoms with Crippen molar-refractivity contribution in [3.63, 3.8) is 0 Å². The van der Waals surface area contributed by atoms with Gasteiger partial charge >= 0.3 is 0 Å². The maximum atomic E-state index is 13.1. The van der Waals surface area contributed by atoms with Crippen LogP contribution < -0.4 is 4.74 Å². The van der Waals surface area contributed by atoms with Crippen molar-refractivity contribution < 1.29 is 9.13 Å². The van der Waals surface area contributed by atoms with Crippen LogP contribution in [0.1, 0.15) is 31.2 Å². The Kier molecular flexibility index (Phi) is 3.47. The first-order valence-corrected chi connectivity index (χ1v) is 5.83. The molecule has 0 N–H and O–H groups in total. The van der Waals surface area contributed by atoms with E-state index in [1.165, 1.54) is 25.0 Å². The second-order valence-corrected chi connectivity index (χ2v) is 4.22. The molecule has 0 heterocycles. The zero-order chi connectivity index (χ0) is 10.7. The Morgan fingerprint density at radius 2 is 2.00 bits per heavy atom. The van der Waals surface area contributed by atoms with Crippen molar-refractivity contribution in [3.05, 3.63) is 29.6 Å². The van der Waals surface area contributed by atoms with Gasteiger partial charge in [-0.2, -0.15) is 0 Å². The van der Waals surface area contributed by atoms with Crippen LogP contribution in [0.15, 0.2) is 18.2 Å². The summed E-state index contributed by atoms with van der Waals surface area (Å²) in [4.78, 5) is 0. The average molecular weight is 229 g/mol. The summed E-state index contributed by atoms with van der Waals surface area (Å²) in [7, 11) is 0. The van der Waals surface area contributed by atoms with Crippen molar-refractivity contribution >= 4 is 11.6 Å². The molecular weight excluding hydrogens is 215 g/mol. The highest BCUT2D eigenvalue weighted by Crippen LogP contribution is 2.25. The molecule has 1 nitrogen and oxygen atoms in total.